The second-order valence-corrected chi connectivity index (χ2v) is 5.17. The summed E-state index contributed by atoms with van der Waals surface area (Å²) in [6, 6.07) is 17.3. The van der Waals surface area contributed by atoms with Crippen molar-refractivity contribution in [1.82, 2.24) is 0 Å². The van der Waals surface area contributed by atoms with E-state index in [4.69, 9.17) is 11.6 Å². The van der Waals surface area contributed by atoms with Crippen LogP contribution in [0.2, 0.25) is 5.02 Å². The predicted octanol–water partition coefficient (Wildman–Crippen LogP) is 4.33. The fraction of sp³-hybridized carbons (Fsp3) is 0.188. The molecule has 0 aliphatic heterocycles. The SMILES string of the molecule is O=C(c1ccccc1)[C@@H]1C[C@H]1c1ccc(Cl)cc1. The van der Waals surface area contributed by atoms with Gasteiger partial charge < -0.3 is 0 Å². The highest BCUT2D eigenvalue weighted by molar-refractivity contribution is 6.30. The number of benzene rings is 2. The molecule has 0 amide bonds. The molecule has 2 atom stereocenters. The Hall–Kier alpha value is -1.60. The van der Waals surface area contributed by atoms with Gasteiger partial charge in [0.25, 0.3) is 0 Å². The van der Waals surface area contributed by atoms with Gasteiger partial charge in [-0.3, -0.25) is 4.79 Å². The Morgan fingerprint density at radius 3 is 2.33 bits per heavy atom. The summed E-state index contributed by atoms with van der Waals surface area (Å²) >= 11 is 5.86. The van der Waals surface area contributed by atoms with Crippen molar-refractivity contribution in [3.63, 3.8) is 0 Å². The fourth-order valence-corrected chi connectivity index (χ4v) is 2.51. The molecule has 2 aromatic rings. The second-order valence-electron chi connectivity index (χ2n) is 4.73. The maximum atomic E-state index is 12.2. The number of hydrogen-bond donors (Lipinski definition) is 0. The third kappa shape index (κ3) is 2.19. The highest BCUT2D eigenvalue weighted by atomic mass is 35.5. The van der Waals surface area contributed by atoms with E-state index in [1.807, 2.05) is 54.6 Å². The molecular formula is C16H13ClO. The van der Waals surface area contributed by atoms with Crippen LogP contribution in [0.5, 0.6) is 0 Å². The zero-order valence-electron chi connectivity index (χ0n) is 9.84. The minimum atomic E-state index is 0.147. The van der Waals surface area contributed by atoms with Gasteiger partial charge in [-0.15, -0.1) is 0 Å². The molecule has 0 radical (unpaired) electrons. The van der Waals surface area contributed by atoms with E-state index in [0.717, 1.165) is 17.0 Å². The van der Waals surface area contributed by atoms with Gasteiger partial charge in [-0.1, -0.05) is 54.1 Å². The number of Topliss-reactive ketones (excluding diaryl/α,β-unsaturated/α-hetero) is 1. The summed E-state index contributed by atoms with van der Waals surface area (Å²) in [6.45, 7) is 0. The first-order valence-electron chi connectivity index (χ1n) is 6.10. The molecule has 2 heteroatoms. The number of carbonyl (C=O) groups excluding carboxylic acids is 1. The van der Waals surface area contributed by atoms with E-state index >= 15 is 0 Å². The van der Waals surface area contributed by atoms with Crippen LogP contribution < -0.4 is 0 Å². The number of hydrogen-bond acceptors (Lipinski definition) is 1. The van der Waals surface area contributed by atoms with Gasteiger partial charge in [-0.05, 0) is 30.0 Å². The molecule has 1 nitrogen and oxygen atoms in total. The maximum absolute atomic E-state index is 12.2. The van der Waals surface area contributed by atoms with Gasteiger partial charge in [0.05, 0.1) is 0 Å². The van der Waals surface area contributed by atoms with Gasteiger partial charge in [-0.25, -0.2) is 0 Å². The van der Waals surface area contributed by atoms with Crippen LogP contribution in [0.3, 0.4) is 0 Å². The molecule has 3 rings (SSSR count). The second kappa shape index (κ2) is 4.58. The van der Waals surface area contributed by atoms with Gasteiger partial charge in [0.15, 0.2) is 5.78 Å². The molecular weight excluding hydrogens is 244 g/mol. The monoisotopic (exact) mass is 256 g/mol. The summed E-state index contributed by atoms with van der Waals surface area (Å²) in [7, 11) is 0. The van der Waals surface area contributed by atoms with Gasteiger partial charge in [0, 0.05) is 16.5 Å². The molecule has 18 heavy (non-hydrogen) atoms. The molecule has 0 spiro atoms. The molecule has 1 aliphatic carbocycles. The average molecular weight is 257 g/mol. The van der Waals surface area contributed by atoms with E-state index in [0.29, 0.717) is 5.92 Å². The summed E-state index contributed by atoms with van der Waals surface area (Å²) in [6.07, 6.45) is 0.954. The Balaban J connectivity index is 1.75. The Kier molecular flexibility index (Phi) is 2.92. The molecule has 0 unspecified atom stereocenters. The van der Waals surface area contributed by atoms with Crippen molar-refractivity contribution in [1.29, 1.82) is 0 Å². The highest BCUT2D eigenvalue weighted by Crippen LogP contribution is 2.49. The molecule has 0 bridgehead atoms. The van der Waals surface area contributed by atoms with Crippen molar-refractivity contribution in [2.75, 3.05) is 0 Å². The quantitative estimate of drug-likeness (QED) is 0.747. The lowest BCUT2D eigenvalue weighted by Crippen LogP contribution is -2.02. The number of ketones is 1. The van der Waals surface area contributed by atoms with Crippen molar-refractivity contribution in [3.05, 3.63) is 70.7 Å². The van der Waals surface area contributed by atoms with Crippen LogP contribution in [0.25, 0.3) is 0 Å². The molecule has 0 aromatic heterocycles. The maximum Gasteiger partial charge on any atom is 0.166 e. The van der Waals surface area contributed by atoms with Crippen LogP contribution in [0.4, 0.5) is 0 Å². The van der Waals surface area contributed by atoms with Crippen LogP contribution >= 0.6 is 11.6 Å². The lowest BCUT2D eigenvalue weighted by Gasteiger charge is -2.01. The number of carbonyl (C=O) groups is 1. The largest absolute Gasteiger partial charge is 0.294 e. The van der Waals surface area contributed by atoms with Crippen LogP contribution in [-0.2, 0) is 0 Å². The van der Waals surface area contributed by atoms with E-state index < -0.39 is 0 Å². The molecule has 0 N–H and O–H groups in total. The Labute approximate surface area is 111 Å². The number of rotatable bonds is 3. The van der Waals surface area contributed by atoms with E-state index in [-0.39, 0.29) is 11.7 Å². The van der Waals surface area contributed by atoms with Crippen molar-refractivity contribution >= 4 is 17.4 Å². The summed E-state index contributed by atoms with van der Waals surface area (Å²) in [5, 5.41) is 0.741. The predicted molar refractivity (Wildman–Crippen MR) is 73.1 cm³/mol. The fourth-order valence-electron chi connectivity index (χ4n) is 2.38. The normalized spacial score (nSPS) is 21.6. The standard InChI is InChI=1S/C16H13ClO/c17-13-8-6-11(7-9-13)14-10-15(14)16(18)12-4-2-1-3-5-12/h1-9,14-15H,10H2/t14-,15+/m0/s1. The van der Waals surface area contributed by atoms with Crippen molar-refractivity contribution in [3.8, 4) is 0 Å². The summed E-state index contributed by atoms with van der Waals surface area (Å²) in [5.41, 5.74) is 2.03. The summed E-state index contributed by atoms with van der Waals surface area (Å²) in [4.78, 5) is 12.2. The van der Waals surface area contributed by atoms with Crippen molar-refractivity contribution < 1.29 is 4.79 Å². The van der Waals surface area contributed by atoms with Gasteiger partial charge in [0.2, 0.25) is 0 Å². The van der Waals surface area contributed by atoms with E-state index in [9.17, 15) is 4.79 Å². The minimum absolute atomic E-state index is 0.147. The molecule has 90 valence electrons. The van der Waals surface area contributed by atoms with Gasteiger partial charge in [0.1, 0.15) is 0 Å². The zero-order chi connectivity index (χ0) is 12.5. The molecule has 1 fully saturated rings. The van der Waals surface area contributed by atoms with Crippen molar-refractivity contribution in [2.45, 2.75) is 12.3 Å². The first kappa shape index (κ1) is 11.5. The van der Waals surface area contributed by atoms with Crippen LogP contribution in [0, 0.1) is 5.92 Å². The first-order chi connectivity index (χ1) is 8.75. The lowest BCUT2D eigenvalue weighted by molar-refractivity contribution is 0.0965. The van der Waals surface area contributed by atoms with Crippen LogP contribution in [-0.4, -0.2) is 5.78 Å². The zero-order valence-corrected chi connectivity index (χ0v) is 10.6. The molecule has 0 saturated heterocycles. The van der Waals surface area contributed by atoms with Crippen molar-refractivity contribution in [2.24, 2.45) is 5.92 Å². The number of halogens is 1. The first-order valence-corrected chi connectivity index (χ1v) is 6.48. The third-order valence-corrected chi connectivity index (χ3v) is 3.74. The van der Waals surface area contributed by atoms with Crippen LogP contribution in [0.15, 0.2) is 54.6 Å². The van der Waals surface area contributed by atoms with Gasteiger partial charge in [-0.2, -0.15) is 0 Å². The molecule has 1 aliphatic rings. The Morgan fingerprint density at radius 1 is 1.00 bits per heavy atom. The van der Waals surface area contributed by atoms with E-state index in [1.165, 1.54) is 5.56 Å². The molecule has 2 aromatic carbocycles. The average Bonchev–Trinajstić information content (AvgIpc) is 3.20. The topological polar surface area (TPSA) is 17.1 Å². The Morgan fingerprint density at radius 2 is 1.67 bits per heavy atom. The van der Waals surface area contributed by atoms with E-state index in [1.54, 1.807) is 0 Å². The van der Waals surface area contributed by atoms with Gasteiger partial charge >= 0.3 is 0 Å². The summed E-state index contributed by atoms with van der Waals surface area (Å²) < 4.78 is 0. The molecule has 0 heterocycles. The smallest absolute Gasteiger partial charge is 0.166 e. The lowest BCUT2D eigenvalue weighted by atomic mass is 10.0. The highest BCUT2D eigenvalue weighted by Gasteiger charge is 2.43. The van der Waals surface area contributed by atoms with E-state index in [2.05, 4.69) is 0 Å². The molecule has 1 saturated carbocycles. The minimum Gasteiger partial charge on any atom is -0.294 e. The summed E-state index contributed by atoms with van der Waals surface area (Å²) in [5.74, 6) is 0.777. The Bertz CT molecular complexity index is 559. The third-order valence-electron chi connectivity index (χ3n) is 3.48. The van der Waals surface area contributed by atoms with Crippen LogP contribution in [0.1, 0.15) is 28.3 Å².